The normalized spacial score (nSPS) is 10.8. The summed E-state index contributed by atoms with van der Waals surface area (Å²) in [6.45, 7) is 3.75. The Balaban J connectivity index is 2.97. The molecule has 0 amide bonds. The maximum absolute atomic E-state index is 11.5. The Morgan fingerprint density at radius 1 is 1.62 bits per heavy atom. The third-order valence-electron chi connectivity index (χ3n) is 1.80. The average Bonchev–Trinajstić information content (AvgIpc) is 2.45. The van der Waals surface area contributed by atoms with E-state index in [1.54, 1.807) is 6.07 Å². The maximum Gasteiger partial charge on any atom is 0.181 e. The first kappa shape index (κ1) is 10.2. The molecule has 0 unspecified atom stereocenters. The van der Waals surface area contributed by atoms with Crippen molar-refractivity contribution < 1.29 is 4.79 Å². The molecule has 0 bridgehead atoms. The molecule has 72 valence electrons. The lowest BCUT2D eigenvalue weighted by molar-refractivity contribution is 0.0934. The lowest BCUT2D eigenvalue weighted by Gasteiger charge is -1.99. The Labute approximate surface area is 82.1 Å². The number of nitrogens with two attached hydrogens (primary N) is 1. The lowest BCUT2D eigenvalue weighted by Crippen LogP contribution is -2.07. The summed E-state index contributed by atoms with van der Waals surface area (Å²) in [5.74, 6) is 0.111. The number of aromatic amines is 1. The second-order valence-corrected chi connectivity index (χ2v) is 4.01. The highest BCUT2D eigenvalue weighted by Crippen LogP contribution is 2.23. The molecule has 3 nitrogen and oxygen atoms in total. The minimum Gasteiger partial charge on any atom is -0.397 e. The number of aromatic nitrogens is 1. The molecule has 0 saturated heterocycles. The van der Waals surface area contributed by atoms with Crippen molar-refractivity contribution in [2.24, 2.45) is 5.92 Å². The molecule has 0 atom stereocenters. The van der Waals surface area contributed by atoms with Crippen molar-refractivity contribution in [3.63, 3.8) is 0 Å². The van der Waals surface area contributed by atoms with Crippen molar-refractivity contribution in [3.05, 3.63) is 11.8 Å². The van der Waals surface area contributed by atoms with E-state index in [2.05, 4.69) is 4.98 Å². The van der Waals surface area contributed by atoms with Gasteiger partial charge in [-0.1, -0.05) is 13.8 Å². The maximum atomic E-state index is 11.5. The lowest BCUT2D eigenvalue weighted by atomic mass is 10.1. The van der Waals surface area contributed by atoms with Gasteiger partial charge in [0, 0.05) is 5.92 Å². The molecule has 0 aliphatic rings. The first-order chi connectivity index (χ1) is 6.06. The van der Waals surface area contributed by atoms with Crippen LogP contribution in [0.2, 0.25) is 0 Å². The number of carbonyl (C=O) groups is 1. The van der Waals surface area contributed by atoms with Gasteiger partial charge in [0.2, 0.25) is 0 Å². The minimum atomic E-state index is 0.00718. The van der Waals surface area contributed by atoms with Crippen LogP contribution in [-0.2, 0) is 0 Å². The molecule has 1 aromatic heterocycles. The van der Waals surface area contributed by atoms with Gasteiger partial charge in [0.1, 0.15) is 0 Å². The molecule has 0 radical (unpaired) electrons. The van der Waals surface area contributed by atoms with Gasteiger partial charge in [-0.15, -0.1) is 11.8 Å². The number of anilines is 1. The summed E-state index contributed by atoms with van der Waals surface area (Å²) in [6.07, 6.45) is 1.92. The molecule has 1 rings (SSSR count). The van der Waals surface area contributed by atoms with E-state index in [0.717, 1.165) is 5.03 Å². The van der Waals surface area contributed by atoms with Crippen molar-refractivity contribution in [1.82, 2.24) is 4.98 Å². The molecule has 13 heavy (non-hydrogen) atoms. The number of nitrogens with one attached hydrogen (secondary N) is 1. The molecule has 0 saturated carbocycles. The zero-order valence-corrected chi connectivity index (χ0v) is 8.87. The summed E-state index contributed by atoms with van der Waals surface area (Å²) in [5.41, 5.74) is 6.94. The summed E-state index contributed by atoms with van der Waals surface area (Å²) >= 11 is 1.51. The highest BCUT2D eigenvalue weighted by Gasteiger charge is 2.14. The molecule has 4 heteroatoms. The van der Waals surface area contributed by atoms with Crippen LogP contribution < -0.4 is 5.73 Å². The highest BCUT2D eigenvalue weighted by atomic mass is 32.2. The Bertz CT molecular complexity index is 317. The van der Waals surface area contributed by atoms with E-state index >= 15 is 0 Å². The molecule has 0 aliphatic carbocycles. The number of ketones is 1. The molecular formula is C9H14N2OS. The van der Waals surface area contributed by atoms with E-state index in [9.17, 15) is 4.79 Å². The SMILES string of the molecule is CSc1[nH]c(C(=O)C(C)C)cc1N. The van der Waals surface area contributed by atoms with Crippen molar-refractivity contribution in [1.29, 1.82) is 0 Å². The van der Waals surface area contributed by atoms with E-state index in [4.69, 9.17) is 5.73 Å². The number of nitrogen functional groups attached to an aromatic ring is 1. The van der Waals surface area contributed by atoms with Crippen molar-refractivity contribution in [2.75, 3.05) is 12.0 Å². The number of carbonyl (C=O) groups excluding carboxylic acids is 1. The Kier molecular flexibility index (Phi) is 3.03. The van der Waals surface area contributed by atoms with Gasteiger partial charge in [0.25, 0.3) is 0 Å². The van der Waals surface area contributed by atoms with Gasteiger partial charge >= 0.3 is 0 Å². The van der Waals surface area contributed by atoms with Gasteiger partial charge in [0.15, 0.2) is 5.78 Å². The largest absolute Gasteiger partial charge is 0.397 e. The molecule has 0 fully saturated rings. The fourth-order valence-electron chi connectivity index (χ4n) is 1.06. The number of rotatable bonds is 3. The van der Waals surface area contributed by atoms with E-state index in [0.29, 0.717) is 11.4 Å². The second kappa shape index (κ2) is 3.87. The Morgan fingerprint density at radius 3 is 2.62 bits per heavy atom. The summed E-state index contributed by atoms with van der Waals surface area (Å²) in [5, 5.41) is 0.865. The van der Waals surface area contributed by atoms with E-state index in [1.165, 1.54) is 11.8 Å². The molecule has 0 spiro atoms. The molecule has 1 aromatic rings. The first-order valence-corrected chi connectivity index (χ1v) is 5.35. The molecule has 0 aromatic carbocycles. The van der Waals surface area contributed by atoms with Gasteiger partial charge in [0.05, 0.1) is 16.4 Å². The van der Waals surface area contributed by atoms with E-state index in [1.807, 2.05) is 20.1 Å². The number of thioether (sulfide) groups is 1. The van der Waals surface area contributed by atoms with Crippen LogP contribution in [0.5, 0.6) is 0 Å². The topological polar surface area (TPSA) is 58.9 Å². The van der Waals surface area contributed by atoms with Crippen LogP contribution in [0.3, 0.4) is 0 Å². The number of hydrogen-bond acceptors (Lipinski definition) is 3. The number of Topliss-reactive ketones (excluding diaryl/α,β-unsaturated/α-hetero) is 1. The van der Waals surface area contributed by atoms with Crippen molar-refractivity contribution in [3.8, 4) is 0 Å². The predicted molar refractivity (Wildman–Crippen MR) is 56.2 cm³/mol. The monoisotopic (exact) mass is 198 g/mol. The second-order valence-electron chi connectivity index (χ2n) is 3.19. The predicted octanol–water partition coefficient (Wildman–Crippen LogP) is 2.16. The molecule has 1 heterocycles. The van der Waals surface area contributed by atoms with Gasteiger partial charge in [-0.3, -0.25) is 4.79 Å². The number of H-pyrrole nitrogens is 1. The van der Waals surface area contributed by atoms with Crippen LogP contribution in [0.25, 0.3) is 0 Å². The Morgan fingerprint density at radius 2 is 2.23 bits per heavy atom. The third-order valence-corrected chi connectivity index (χ3v) is 2.55. The van der Waals surface area contributed by atoms with Gasteiger partial charge in [-0.05, 0) is 12.3 Å². The van der Waals surface area contributed by atoms with Crippen LogP contribution in [0.15, 0.2) is 11.1 Å². The fraction of sp³-hybridized carbons (Fsp3) is 0.444. The van der Waals surface area contributed by atoms with E-state index in [-0.39, 0.29) is 11.7 Å². The van der Waals surface area contributed by atoms with Crippen molar-refractivity contribution >= 4 is 23.2 Å². The Hall–Kier alpha value is -0.900. The zero-order chi connectivity index (χ0) is 10.0. The van der Waals surface area contributed by atoms with E-state index < -0.39 is 0 Å². The number of hydrogen-bond donors (Lipinski definition) is 2. The van der Waals surface area contributed by atoms with Crippen LogP contribution >= 0.6 is 11.8 Å². The van der Waals surface area contributed by atoms with Gasteiger partial charge in [-0.2, -0.15) is 0 Å². The first-order valence-electron chi connectivity index (χ1n) is 4.13. The minimum absolute atomic E-state index is 0.00718. The standard InChI is InChI=1S/C9H14N2OS/c1-5(2)8(12)7-4-6(10)9(11-7)13-3/h4-5,11H,10H2,1-3H3. The van der Waals surface area contributed by atoms with Crippen molar-refractivity contribution in [2.45, 2.75) is 18.9 Å². The van der Waals surface area contributed by atoms with Gasteiger partial charge in [-0.25, -0.2) is 0 Å². The molecule has 0 aliphatic heterocycles. The third kappa shape index (κ3) is 2.06. The summed E-state index contributed by atoms with van der Waals surface area (Å²) in [6, 6.07) is 1.70. The van der Waals surface area contributed by atoms with Gasteiger partial charge < -0.3 is 10.7 Å². The van der Waals surface area contributed by atoms with Crippen LogP contribution in [0, 0.1) is 5.92 Å². The quantitative estimate of drug-likeness (QED) is 0.578. The molecular weight excluding hydrogens is 184 g/mol. The molecule has 3 N–H and O–H groups in total. The smallest absolute Gasteiger partial charge is 0.181 e. The average molecular weight is 198 g/mol. The summed E-state index contributed by atoms with van der Waals surface area (Å²) in [4.78, 5) is 14.5. The van der Waals surface area contributed by atoms with Crippen LogP contribution in [0.4, 0.5) is 5.69 Å². The van der Waals surface area contributed by atoms with Crippen LogP contribution in [-0.4, -0.2) is 17.0 Å². The zero-order valence-electron chi connectivity index (χ0n) is 8.05. The highest BCUT2D eigenvalue weighted by molar-refractivity contribution is 7.98. The summed E-state index contributed by atoms with van der Waals surface area (Å²) in [7, 11) is 0. The summed E-state index contributed by atoms with van der Waals surface area (Å²) < 4.78 is 0. The fourth-order valence-corrected chi connectivity index (χ4v) is 1.57. The van der Waals surface area contributed by atoms with Crippen LogP contribution in [0.1, 0.15) is 24.3 Å².